The van der Waals surface area contributed by atoms with Gasteiger partial charge in [-0.3, -0.25) is 0 Å². The number of rotatable bonds is 12. The van der Waals surface area contributed by atoms with Crippen LogP contribution in [0.15, 0.2) is 470 Å². The molecule has 20 aromatic carbocycles. The SMILES string of the molecule is CC1(C)c2ccccc2-c2ccc(-c3cc(-c4cc(-n5c6ccccc6c6ccccc65)cc(-n5c6ccccc6c6cc(-c7ccc8oc9ccccc9c8c7)ccc65)c4)nc(-c4ccccc4)n3)cc21.CC1(C)c2ccccc2-c2ccc(-c3cc(-c4ccccc4)nc(-c4cc(-n5c6ccccc6c6ccccc65)cc(-n5c6ccccc6c6cc(-c7ccc8oc9ccccc9c8c7)ccc65)c4)n3)cc21. The molecule has 10 heteroatoms. The molecule has 0 saturated heterocycles. The molecule has 28 aromatic rings. The van der Waals surface area contributed by atoms with E-state index in [0.29, 0.717) is 11.6 Å². The van der Waals surface area contributed by atoms with E-state index >= 15 is 0 Å². The van der Waals surface area contributed by atoms with Gasteiger partial charge in [0.2, 0.25) is 0 Å². The van der Waals surface area contributed by atoms with Crippen LogP contribution in [0.1, 0.15) is 49.9 Å². The first-order valence-electron chi connectivity index (χ1n) is 49.4. The van der Waals surface area contributed by atoms with Crippen LogP contribution >= 0.6 is 0 Å². The summed E-state index contributed by atoms with van der Waals surface area (Å²) in [5.74, 6) is 1.34. The Morgan fingerprint density at radius 2 is 0.438 bits per heavy atom. The van der Waals surface area contributed by atoms with Gasteiger partial charge < -0.3 is 27.1 Å². The van der Waals surface area contributed by atoms with Crippen molar-refractivity contribution in [3.63, 3.8) is 0 Å². The third-order valence-electron chi connectivity index (χ3n) is 30.6. The Morgan fingerprint density at radius 1 is 0.167 bits per heavy atom. The maximum atomic E-state index is 6.23. The maximum absolute atomic E-state index is 6.23. The number of hydrogen-bond donors (Lipinski definition) is 0. The largest absolute Gasteiger partial charge is 0.456 e. The van der Waals surface area contributed by atoms with Crippen LogP contribution in [-0.4, -0.2) is 38.2 Å². The van der Waals surface area contributed by atoms with Crippen molar-refractivity contribution < 1.29 is 8.83 Å². The van der Waals surface area contributed by atoms with E-state index in [4.69, 9.17) is 28.8 Å². The Labute approximate surface area is 829 Å². The summed E-state index contributed by atoms with van der Waals surface area (Å²) in [5.41, 5.74) is 41.0. The minimum Gasteiger partial charge on any atom is -0.456 e. The van der Waals surface area contributed by atoms with Gasteiger partial charge in [0.05, 0.1) is 66.9 Å². The third kappa shape index (κ3) is 13.0. The van der Waals surface area contributed by atoms with Gasteiger partial charge in [-0.05, 0) is 224 Å². The molecule has 676 valence electrons. The number of para-hydroxylation sites is 8. The Morgan fingerprint density at radius 3 is 0.833 bits per heavy atom. The molecule has 0 unspecified atom stereocenters. The minimum atomic E-state index is -0.156. The molecule has 0 saturated carbocycles. The second kappa shape index (κ2) is 32.0. The monoisotopic (exact) mass is 1840 g/mol. The molecule has 0 atom stereocenters. The molecule has 0 spiro atoms. The Kier molecular flexibility index (Phi) is 18.3. The van der Waals surface area contributed by atoms with Gasteiger partial charge in [-0.1, -0.05) is 331 Å². The van der Waals surface area contributed by atoms with E-state index in [1.807, 2.05) is 30.3 Å². The molecular formula is C134H88N8O2. The quantitative estimate of drug-likeness (QED) is 0.121. The number of aromatic nitrogens is 8. The van der Waals surface area contributed by atoms with Crippen LogP contribution in [0.4, 0.5) is 0 Å². The first-order valence-corrected chi connectivity index (χ1v) is 49.4. The predicted molar refractivity (Wildman–Crippen MR) is 595 cm³/mol. The highest BCUT2D eigenvalue weighted by atomic mass is 16.3. The van der Waals surface area contributed by atoms with Gasteiger partial charge in [0, 0.05) is 132 Å². The standard InChI is InChI=1S/2C67H44N4O/c1-67(2)56-23-11-6-18-48(56)49-31-28-44(38-57(49)67)58-40-59(69-66(68-58)41-16-4-3-5-17-41)45-34-46(70-60-24-12-7-19-50(60)51-20-8-13-25-61(51)70)39-47(35-45)71-62-26-14-9-21-52(62)54-36-42(29-32-63(54)71)43-30-33-65-55(37-43)53-22-10-15-27-64(53)72-65;1-67(2)56-23-11-6-18-48(56)49-31-28-44(38-57(49)67)59-40-58(41-16-4-3-5-17-41)68-66(69-59)45-34-46(70-60-24-12-7-19-50(60)51-20-8-13-25-61(51)70)39-47(35-45)71-62-26-14-9-21-52(62)54-36-42(29-32-63(54)71)43-30-33-65-55(37-43)53-22-10-15-27-64(53)72-65/h2*3-40H,1-2H3. The lowest BCUT2D eigenvalue weighted by atomic mass is 9.82. The smallest absolute Gasteiger partial charge is 0.160 e. The normalized spacial score (nSPS) is 13.0. The fourth-order valence-electron chi connectivity index (χ4n) is 23.7. The van der Waals surface area contributed by atoms with E-state index in [1.165, 1.54) is 87.6 Å². The summed E-state index contributed by atoms with van der Waals surface area (Å²) in [4.78, 5) is 21.9. The zero-order valence-electron chi connectivity index (χ0n) is 79.3. The van der Waals surface area contributed by atoms with Crippen LogP contribution in [0, 0.1) is 0 Å². The highest BCUT2D eigenvalue weighted by molar-refractivity contribution is 6.16. The molecule has 10 nitrogen and oxygen atoms in total. The molecule has 0 N–H and O–H groups in total. The molecule has 0 bridgehead atoms. The molecule has 2 aliphatic rings. The number of fused-ring (bicyclic) bond motifs is 24. The van der Waals surface area contributed by atoms with Gasteiger partial charge in [0.25, 0.3) is 0 Å². The molecular weight excluding hydrogens is 1750 g/mol. The van der Waals surface area contributed by atoms with Crippen LogP contribution in [0.25, 0.3) is 266 Å². The first-order chi connectivity index (χ1) is 70.8. The molecule has 0 fully saturated rings. The molecule has 0 aliphatic heterocycles. The van der Waals surface area contributed by atoms with Gasteiger partial charge in [0.15, 0.2) is 11.6 Å². The van der Waals surface area contributed by atoms with E-state index in [1.54, 1.807) is 0 Å². The molecule has 144 heavy (non-hydrogen) atoms. The van der Waals surface area contributed by atoms with Crippen molar-refractivity contribution in [1.29, 1.82) is 0 Å². The van der Waals surface area contributed by atoms with E-state index in [0.717, 1.165) is 189 Å². The Balaban J connectivity index is 0.000000137. The molecule has 30 rings (SSSR count). The lowest BCUT2D eigenvalue weighted by Crippen LogP contribution is -2.14. The van der Waals surface area contributed by atoms with E-state index in [2.05, 4.69) is 477 Å². The van der Waals surface area contributed by atoms with Crippen molar-refractivity contribution in [1.82, 2.24) is 38.2 Å². The summed E-state index contributed by atoms with van der Waals surface area (Å²) in [7, 11) is 0. The zero-order chi connectivity index (χ0) is 95.3. The van der Waals surface area contributed by atoms with Crippen molar-refractivity contribution in [3.8, 4) is 135 Å². The van der Waals surface area contributed by atoms with Crippen LogP contribution in [0.2, 0.25) is 0 Å². The van der Waals surface area contributed by atoms with E-state index in [-0.39, 0.29) is 10.8 Å². The zero-order valence-corrected chi connectivity index (χ0v) is 79.3. The van der Waals surface area contributed by atoms with Gasteiger partial charge in [-0.15, -0.1) is 0 Å². The van der Waals surface area contributed by atoms with Gasteiger partial charge in [0.1, 0.15) is 22.3 Å². The summed E-state index contributed by atoms with van der Waals surface area (Å²) in [6.07, 6.45) is 0. The topological polar surface area (TPSA) is 97.6 Å². The van der Waals surface area contributed by atoms with Crippen LogP contribution in [-0.2, 0) is 10.8 Å². The average Bonchev–Trinajstić information content (AvgIpc) is 1.57. The van der Waals surface area contributed by atoms with Crippen molar-refractivity contribution in [3.05, 3.63) is 483 Å². The summed E-state index contributed by atoms with van der Waals surface area (Å²) >= 11 is 0. The number of benzene rings is 20. The second-order valence-electron chi connectivity index (χ2n) is 39.5. The molecule has 8 aromatic heterocycles. The Bertz CT molecular complexity index is 9570. The molecule has 8 heterocycles. The molecule has 0 radical (unpaired) electrons. The fraction of sp³-hybridized carbons (Fsp3) is 0.0448. The van der Waals surface area contributed by atoms with Crippen molar-refractivity contribution >= 4 is 131 Å². The maximum Gasteiger partial charge on any atom is 0.160 e. The van der Waals surface area contributed by atoms with E-state index < -0.39 is 0 Å². The molecule has 2 aliphatic carbocycles. The summed E-state index contributed by atoms with van der Waals surface area (Å²) in [5, 5.41) is 14.0. The summed E-state index contributed by atoms with van der Waals surface area (Å²) in [6.45, 7) is 9.34. The first kappa shape index (κ1) is 82.4. The minimum absolute atomic E-state index is 0.156. The van der Waals surface area contributed by atoms with Gasteiger partial charge in [-0.2, -0.15) is 0 Å². The number of furan rings is 2. The fourth-order valence-corrected chi connectivity index (χ4v) is 23.7. The van der Waals surface area contributed by atoms with E-state index in [9.17, 15) is 0 Å². The number of nitrogens with zero attached hydrogens (tertiary/aromatic N) is 8. The van der Waals surface area contributed by atoms with Crippen LogP contribution in [0.3, 0.4) is 0 Å². The second-order valence-corrected chi connectivity index (χ2v) is 39.5. The van der Waals surface area contributed by atoms with Crippen molar-refractivity contribution in [2.75, 3.05) is 0 Å². The van der Waals surface area contributed by atoms with Crippen LogP contribution in [0.5, 0.6) is 0 Å². The highest BCUT2D eigenvalue weighted by Crippen LogP contribution is 2.54. The van der Waals surface area contributed by atoms with Crippen LogP contribution < -0.4 is 0 Å². The third-order valence-corrected chi connectivity index (χ3v) is 30.6. The van der Waals surface area contributed by atoms with Crippen molar-refractivity contribution in [2.24, 2.45) is 0 Å². The highest BCUT2D eigenvalue weighted by Gasteiger charge is 2.38. The lowest BCUT2D eigenvalue weighted by molar-refractivity contribution is 0.660. The average molecular weight is 1840 g/mol. The van der Waals surface area contributed by atoms with Crippen molar-refractivity contribution in [2.45, 2.75) is 38.5 Å². The van der Waals surface area contributed by atoms with Gasteiger partial charge in [-0.25, -0.2) is 19.9 Å². The van der Waals surface area contributed by atoms with Gasteiger partial charge >= 0.3 is 0 Å². The summed E-state index contributed by atoms with van der Waals surface area (Å²) in [6, 6.07) is 166. The lowest BCUT2D eigenvalue weighted by Gasteiger charge is -2.22. The summed E-state index contributed by atoms with van der Waals surface area (Å²) < 4.78 is 22.1. The predicted octanol–water partition coefficient (Wildman–Crippen LogP) is 35.1. The molecule has 0 amide bonds. The number of hydrogen-bond acceptors (Lipinski definition) is 6. The Hall–Kier alpha value is -18.6.